The molecule has 0 radical (unpaired) electrons. The van der Waals surface area contributed by atoms with E-state index >= 15 is 0 Å². The van der Waals surface area contributed by atoms with Crippen LogP contribution in [0.4, 0.5) is 10.1 Å². The van der Waals surface area contributed by atoms with Crippen LogP contribution in [0.15, 0.2) is 16.6 Å². The fourth-order valence-corrected chi connectivity index (χ4v) is 1.87. The number of carbonyl (C=O) groups excluding carboxylic acids is 1. The van der Waals surface area contributed by atoms with Crippen LogP contribution in [0.3, 0.4) is 0 Å². The van der Waals surface area contributed by atoms with E-state index in [1.807, 2.05) is 0 Å². The second-order valence-corrected chi connectivity index (χ2v) is 4.48. The van der Waals surface area contributed by atoms with E-state index in [9.17, 15) is 19.3 Å². The van der Waals surface area contributed by atoms with Crippen molar-refractivity contribution in [1.29, 1.82) is 0 Å². The smallest absolute Gasteiger partial charge is 0.274 e. The highest BCUT2D eigenvalue weighted by molar-refractivity contribution is 9.10. The van der Waals surface area contributed by atoms with E-state index < -0.39 is 16.7 Å². The summed E-state index contributed by atoms with van der Waals surface area (Å²) in [6.07, 6.45) is 0.260. The third-order valence-corrected chi connectivity index (χ3v) is 3.17. The molecule has 0 aliphatic carbocycles. The van der Waals surface area contributed by atoms with E-state index in [1.54, 1.807) is 13.8 Å². The summed E-state index contributed by atoms with van der Waals surface area (Å²) in [6.45, 7) is 3.21. The summed E-state index contributed by atoms with van der Waals surface area (Å²) in [5.41, 5.74) is -0.130. The van der Waals surface area contributed by atoms with Crippen LogP contribution in [0, 0.1) is 15.9 Å². The van der Waals surface area contributed by atoms with Gasteiger partial charge < -0.3 is 0 Å². The van der Waals surface area contributed by atoms with Crippen molar-refractivity contribution >= 4 is 27.4 Å². The molecule has 0 heterocycles. The van der Waals surface area contributed by atoms with Crippen molar-refractivity contribution in [3.05, 3.63) is 38.1 Å². The SMILES string of the molecule is CCC(=O)C(C)c1cc(F)c(Br)cc1[N+](=O)[O-]. The van der Waals surface area contributed by atoms with Crippen molar-refractivity contribution in [2.24, 2.45) is 0 Å². The van der Waals surface area contributed by atoms with Crippen molar-refractivity contribution in [1.82, 2.24) is 0 Å². The number of nitrogens with zero attached hydrogens (tertiary/aromatic N) is 1. The fourth-order valence-electron chi connectivity index (χ4n) is 1.54. The highest BCUT2D eigenvalue weighted by Gasteiger charge is 2.25. The van der Waals surface area contributed by atoms with Gasteiger partial charge in [-0.25, -0.2) is 4.39 Å². The van der Waals surface area contributed by atoms with Gasteiger partial charge in [0.1, 0.15) is 11.6 Å². The number of nitro groups is 1. The van der Waals surface area contributed by atoms with Crippen molar-refractivity contribution in [3.63, 3.8) is 0 Å². The first kappa shape index (κ1) is 13.8. The highest BCUT2D eigenvalue weighted by Crippen LogP contribution is 2.32. The molecule has 0 aromatic heterocycles. The Bertz CT molecular complexity index is 476. The predicted octanol–water partition coefficient (Wildman–Crippen LogP) is 3.58. The number of nitro benzene ring substituents is 1. The zero-order chi connectivity index (χ0) is 13.2. The lowest BCUT2D eigenvalue weighted by molar-refractivity contribution is -0.385. The average Bonchev–Trinajstić information content (AvgIpc) is 2.29. The second kappa shape index (κ2) is 5.35. The maximum absolute atomic E-state index is 13.4. The third kappa shape index (κ3) is 2.88. The molecule has 0 saturated heterocycles. The standard InChI is InChI=1S/C11H11BrFNO3/c1-3-11(15)6(2)7-4-9(13)8(12)5-10(7)14(16)17/h4-6H,3H2,1-2H3. The van der Waals surface area contributed by atoms with Crippen LogP contribution in [-0.4, -0.2) is 10.7 Å². The molecule has 92 valence electrons. The first-order valence-electron chi connectivity index (χ1n) is 5.04. The van der Waals surface area contributed by atoms with Gasteiger partial charge in [0.25, 0.3) is 5.69 Å². The zero-order valence-corrected chi connectivity index (χ0v) is 11.0. The summed E-state index contributed by atoms with van der Waals surface area (Å²) < 4.78 is 13.4. The van der Waals surface area contributed by atoms with Gasteiger partial charge in [-0.05, 0) is 22.0 Å². The van der Waals surface area contributed by atoms with Crippen molar-refractivity contribution < 1.29 is 14.1 Å². The van der Waals surface area contributed by atoms with Crippen LogP contribution in [0.2, 0.25) is 0 Å². The van der Waals surface area contributed by atoms with Gasteiger partial charge in [0, 0.05) is 24.0 Å². The van der Waals surface area contributed by atoms with Crippen molar-refractivity contribution in [3.8, 4) is 0 Å². The molecule has 0 aliphatic heterocycles. The molecule has 0 N–H and O–H groups in total. The Morgan fingerprint density at radius 1 is 1.59 bits per heavy atom. The van der Waals surface area contributed by atoms with Gasteiger partial charge in [-0.2, -0.15) is 0 Å². The number of rotatable bonds is 4. The lowest BCUT2D eigenvalue weighted by Crippen LogP contribution is -2.10. The van der Waals surface area contributed by atoms with Crippen LogP contribution >= 0.6 is 15.9 Å². The molecule has 1 aromatic rings. The number of benzene rings is 1. The summed E-state index contributed by atoms with van der Waals surface area (Å²) in [4.78, 5) is 21.8. The molecule has 0 aliphatic rings. The molecule has 0 fully saturated rings. The molecule has 4 nitrogen and oxygen atoms in total. The Kier molecular flexibility index (Phi) is 4.34. The first-order chi connectivity index (χ1) is 7.88. The number of hydrogen-bond acceptors (Lipinski definition) is 3. The Balaban J connectivity index is 3.35. The number of hydrogen-bond donors (Lipinski definition) is 0. The predicted molar refractivity (Wildman–Crippen MR) is 64.5 cm³/mol. The minimum Gasteiger partial charge on any atom is -0.299 e. The molecule has 0 saturated carbocycles. The first-order valence-corrected chi connectivity index (χ1v) is 5.83. The van der Waals surface area contributed by atoms with E-state index in [4.69, 9.17) is 0 Å². The van der Waals surface area contributed by atoms with E-state index in [0.717, 1.165) is 12.1 Å². The topological polar surface area (TPSA) is 60.2 Å². The van der Waals surface area contributed by atoms with Crippen molar-refractivity contribution in [2.45, 2.75) is 26.2 Å². The molecule has 0 amide bonds. The normalized spacial score (nSPS) is 12.2. The molecule has 1 rings (SSSR count). The van der Waals surface area contributed by atoms with E-state index in [0.29, 0.717) is 0 Å². The van der Waals surface area contributed by atoms with Gasteiger partial charge in [-0.15, -0.1) is 0 Å². The van der Waals surface area contributed by atoms with Crippen LogP contribution in [0.5, 0.6) is 0 Å². The highest BCUT2D eigenvalue weighted by atomic mass is 79.9. The van der Waals surface area contributed by atoms with Crippen LogP contribution in [-0.2, 0) is 4.79 Å². The number of halogens is 2. The van der Waals surface area contributed by atoms with Gasteiger partial charge in [-0.3, -0.25) is 14.9 Å². The second-order valence-electron chi connectivity index (χ2n) is 3.62. The van der Waals surface area contributed by atoms with Gasteiger partial charge in [-0.1, -0.05) is 13.8 Å². The van der Waals surface area contributed by atoms with Gasteiger partial charge in [0.2, 0.25) is 0 Å². The number of Topliss-reactive ketones (excluding diaryl/α,β-unsaturated/α-hetero) is 1. The molecular weight excluding hydrogens is 293 g/mol. The fraction of sp³-hybridized carbons (Fsp3) is 0.364. The Labute approximate surface area is 106 Å². The molecule has 0 bridgehead atoms. The van der Waals surface area contributed by atoms with Gasteiger partial charge in [0.05, 0.1) is 9.40 Å². The summed E-state index contributed by atoms with van der Waals surface area (Å²) in [6, 6.07) is 2.13. The maximum atomic E-state index is 13.4. The largest absolute Gasteiger partial charge is 0.299 e. The molecule has 1 atom stereocenters. The van der Waals surface area contributed by atoms with Crippen LogP contribution in [0.1, 0.15) is 31.7 Å². The lowest BCUT2D eigenvalue weighted by atomic mass is 9.94. The molecule has 6 heteroatoms. The van der Waals surface area contributed by atoms with E-state index in [-0.39, 0.29) is 27.9 Å². The molecule has 1 aromatic carbocycles. The minimum absolute atomic E-state index is 0.0177. The van der Waals surface area contributed by atoms with Gasteiger partial charge in [0.15, 0.2) is 0 Å². The quantitative estimate of drug-likeness (QED) is 0.631. The maximum Gasteiger partial charge on any atom is 0.274 e. The average molecular weight is 304 g/mol. The number of carbonyl (C=O) groups is 1. The lowest BCUT2D eigenvalue weighted by Gasteiger charge is -2.10. The van der Waals surface area contributed by atoms with Gasteiger partial charge >= 0.3 is 0 Å². The summed E-state index contributed by atoms with van der Waals surface area (Å²) in [5, 5.41) is 10.9. The minimum atomic E-state index is -0.678. The Hall–Kier alpha value is -1.30. The summed E-state index contributed by atoms with van der Waals surface area (Å²) in [5.74, 6) is -1.45. The third-order valence-electron chi connectivity index (χ3n) is 2.56. The van der Waals surface area contributed by atoms with Crippen molar-refractivity contribution in [2.75, 3.05) is 0 Å². The molecule has 0 spiro atoms. The summed E-state index contributed by atoms with van der Waals surface area (Å²) >= 11 is 2.89. The Morgan fingerprint density at radius 2 is 2.18 bits per heavy atom. The van der Waals surface area contributed by atoms with Crippen LogP contribution < -0.4 is 0 Å². The monoisotopic (exact) mass is 303 g/mol. The van der Waals surface area contributed by atoms with E-state index in [1.165, 1.54) is 0 Å². The Morgan fingerprint density at radius 3 is 2.65 bits per heavy atom. The molecule has 1 unspecified atom stereocenters. The molecular formula is C11H11BrFNO3. The number of ketones is 1. The molecule has 17 heavy (non-hydrogen) atoms. The zero-order valence-electron chi connectivity index (χ0n) is 9.37. The summed E-state index contributed by atoms with van der Waals surface area (Å²) in [7, 11) is 0. The van der Waals surface area contributed by atoms with Crippen LogP contribution in [0.25, 0.3) is 0 Å². The van der Waals surface area contributed by atoms with E-state index in [2.05, 4.69) is 15.9 Å².